The zero-order chi connectivity index (χ0) is 19.2. The van der Waals surface area contributed by atoms with E-state index in [1.807, 2.05) is 36.4 Å². The maximum Gasteiger partial charge on any atom is 0.251 e. The summed E-state index contributed by atoms with van der Waals surface area (Å²) in [6, 6.07) is 16.0. The van der Waals surface area contributed by atoms with Crippen LogP contribution in [0.1, 0.15) is 75.1 Å². The van der Waals surface area contributed by atoms with Crippen molar-refractivity contribution in [1.29, 1.82) is 0 Å². The van der Waals surface area contributed by atoms with Crippen LogP contribution in [0.2, 0.25) is 0 Å². The maximum atomic E-state index is 12.5. The summed E-state index contributed by atoms with van der Waals surface area (Å²) in [6.45, 7) is 3.24. The van der Waals surface area contributed by atoms with Gasteiger partial charge in [0.1, 0.15) is 6.54 Å². The molecule has 0 aliphatic rings. The average molecular weight is 368 g/mol. The molecule has 2 rings (SSSR count). The number of amides is 1. The molecule has 0 fully saturated rings. The molecule has 0 aliphatic carbocycles. The number of hydrogen-bond donors (Lipinski definition) is 1. The summed E-state index contributed by atoms with van der Waals surface area (Å²) in [6.07, 6.45) is 15.1. The molecule has 27 heavy (non-hydrogen) atoms. The fraction of sp³-hybridized carbons (Fsp3) is 0.500. The molecular formula is C24H35N2O+. The van der Waals surface area contributed by atoms with E-state index in [2.05, 4.69) is 41.3 Å². The maximum absolute atomic E-state index is 12.5. The third-order valence-electron chi connectivity index (χ3n) is 5.02. The fourth-order valence-corrected chi connectivity index (χ4v) is 3.42. The fourth-order valence-electron chi connectivity index (χ4n) is 3.42. The number of unbranched alkanes of at least 4 members (excludes halogenated alkanes) is 5. The first kappa shape index (κ1) is 21.1. The molecule has 2 aromatic rings. The van der Waals surface area contributed by atoms with Gasteiger partial charge in [-0.25, -0.2) is 4.57 Å². The summed E-state index contributed by atoms with van der Waals surface area (Å²) in [4.78, 5) is 12.5. The molecule has 146 valence electrons. The number of rotatable bonds is 13. The zero-order valence-electron chi connectivity index (χ0n) is 16.8. The molecule has 0 aliphatic heterocycles. The van der Waals surface area contributed by atoms with Crippen LogP contribution in [0.5, 0.6) is 0 Å². The van der Waals surface area contributed by atoms with Crippen molar-refractivity contribution >= 4 is 5.91 Å². The van der Waals surface area contributed by atoms with E-state index in [0.29, 0.717) is 0 Å². The van der Waals surface area contributed by atoms with Crippen molar-refractivity contribution in [2.24, 2.45) is 0 Å². The molecule has 1 aromatic heterocycles. The minimum Gasteiger partial charge on any atom is -0.349 e. The van der Waals surface area contributed by atoms with Crippen LogP contribution in [-0.2, 0) is 6.54 Å². The Balaban J connectivity index is 1.80. The lowest BCUT2D eigenvalue weighted by atomic mass is 10.0. The second-order valence-electron chi connectivity index (χ2n) is 7.35. The van der Waals surface area contributed by atoms with E-state index in [4.69, 9.17) is 0 Å². The standard InChI is InChI=1S/C24H34N2O/c1-2-3-4-5-6-11-17-23(18-14-21-26-19-12-8-13-20-26)25-24(27)22-15-9-7-10-16-22/h7-10,12-13,15-16,19-20,23H,2-6,11,14,17-18,21H2,1H3/p+1. The summed E-state index contributed by atoms with van der Waals surface area (Å²) < 4.78 is 2.21. The number of carbonyl (C=O) groups excluding carboxylic acids is 1. The largest absolute Gasteiger partial charge is 0.349 e. The van der Waals surface area contributed by atoms with E-state index in [1.165, 1.54) is 38.5 Å². The molecule has 1 unspecified atom stereocenters. The highest BCUT2D eigenvalue weighted by molar-refractivity contribution is 5.94. The van der Waals surface area contributed by atoms with Gasteiger partial charge in [0.25, 0.3) is 5.91 Å². The Morgan fingerprint density at radius 1 is 0.852 bits per heavy atom. The lowest BCUT2D eigenvalue weighted by Gasteiger charge is -2.18. The number of benzene rings is 1. The van der Waals surface area contributed by atoms with Crippen LogP contribution in [0.15, 0.2) is 60.9 Å². The quantitative estimate of drug-likeness (QED) is 0.378. The monoisotopic (exact) mass is 367 g/mol. The van der Waals surface area contributed by atoms with E-state index in [9.17, 15) is 4.79 Å². The van der Waals surface area contributed by atoms with Crippen molar-refractivity contribution in [3.05, 3.63) is 66.5 Å². The average Bonchev–Trinajstić information content (AvgIpc) is 2.71. The summed E-state index contributed by atoms with van der Waals surface area (Å²) in [5, 5.41) is 3.27. The van der Waals surface area contributed by atoms with Gasteiger partial charge in [-0.3, -0.25) is 4.79 Å². The van der Waals surface area contributed by atoms with Crippen LogP contribution in [-0.4, -0.2) is 11.9 Å². The van der Waals surface area contributed by atoms with Crippen molar-refractivity contribution in [3.63, 3.8) is 0 Å². The van der Waals surface area contributed by atoms with Gasteiger partial charge >= 0.3 is 0 Å². The van der Waals surface area contributed by atoms with Gasteiger partial charge in [-0.15, -0.1) is 0 Å². The number of aryl methyl sites for hydroxylation is 1. The molecule has 1 atom stereocenters. The van der Waals surface area contributed by atoms with Crippen LogP contribution >= 0.6 is 0 Å². The number of nitrogens with zero attached hydrogens (tertiary/aromatic N) is 1. The lowest BCUT2D eigenvalue weighted by molar-refractivity contribution is -0.697. The van der Waals surface area contributed by atoms with E-state index in [1.54, 1.807) is 0 Å². The van der Waals surface area contributed by atoms with Crippen molar-refractivity contribution in [1.82, 2.24) is 5.32 Å². The molecule has 0 bridgehead atoms. The summed E-state index contributed by atoms with van der Waals surface area (Å²) in [5.41, 5.74) is 0.753. The van der Waals surface area contributed by atoms with Gasteiger partial charge in [0, 0.05) is 30.2 Å². The number of pyridine rings is 1. The van der Waals surface area contributed by atoms with Gasteiger partial charge in [-0.05, 0) is 25.0 Å². The third kappa shape index (κ3) is 8.85. The minimum atomic E-state index is 0.0546. The summed E-state index contributed by atoms with van der Waals surface area (Å²) in [7, 11) is 0. The minimum absolute atomic E-state index is 0.0546. The molecule has 3 nitrogen and oxygen atoms in total. The van der Waals surface area contributed by atoms with Crippen LogP contribution in [0, 0.1) is 0 Å². The number of aromatic nitrogens is 1. The summed E-state index contributed by atoms with van der Waals surface area (Å²) in [5.74, 6) is 0.0546. The first-order valence-electron chi connectivity index (χ1n) is 10.6. The van der Waals surface area contributed by atoms with Gasteiger partial charge < -0.3 is 5.32 Å². The predicted molar refractivity (Wildman–Crippen MR) is 112 cm³/mol. The van der Waals surface area contributed by atoms with Crippen molar-refractivity contribution in [3.8, 4) is 0 Å². The molecule has 0 saturated heterocycles. The van der Waals surface area contributed by atoms with Gasteiger partial charge in [0.2, 0.25) is 0 Å². The van der Waals surface area contributed by atoms with Gasteiger partial charge in [0.15, 0.2) is 12.4 Å². The predicted octanol–water partition coefficient (Wildman–Crippen LogP) is 5.30. The summed E-state index contributed by atoms with van der Waals surface area (Å²) >= 11 is 0. The van der Waals surface area contributed by atoms with Gasteiger partial charge in [-0.2, -0.15) is 0 Å². The Labute approximate surface area is 164 Å². The molecule has 1 N–H and O–H groups in total. The molecule has 1 aromatic carbocycles. The molecule has 0 saturated carbocycles. The normalized spacial score (nSPS) is 11.9. The Hall–Kier alpha value is -2.16. The molecule has 1 amide bonds. The number of nitrogens with one attached hydrogen (secondary N) is 1. The third-order valence-corrected chi connectivity index (χ3v) is 5.02. The number of hydrogen-bond acceptors (Lipinski definition) is 1. The highest BCUT2D eigenvalue weighted by atomic mass is 16.1. The lowest BCUT2D eigenvalue weighted by Crippen LogP contribution is -2.37. The Morgan fingerprint density at radius 2 is 1.48 bits per heavy atom. The molecular weight excluding hydrogens is 332 g/mol. The van der Waals surface area contributed by atoms with E-state index in [-0.39, 0.29) is 11.9 Å². The van der Waals surface area contributed by atoms with Crippen molar-refractivity contribution in [2.45, 2.75) is 77.3 Å². The van der Waals surface area contributed by atoms with Crippen LogP contribution in [0.3, 0.4) is 0 Å². The Morgan fingerprint density at radius 3 is 2.22 bits per heavy atom. The number of carbonyl (C=O) groups is 1. The topological polar surface area (TPSA) is 33.0 Å². The second-order valence-corrected chi connectivity index (χ2v) is 7.35. The van der Waals surface area contributed by atoms with Crippen molar-refractivity contribution in [2.75, 3.05) is 0 Å². The van der Waals surface area contributed by atoms with E-state index >= 15 is 0 Å². The van der Waals surface area contributed by atoms with Crippen molar-refractivity contribution < 1.29 is 9.36 Å². The molecule has 1 heterocycles. The zero-order valence-corrected chi connectivity index (χ0v) is 16.8. The first-order chi connectivity index (χ1) is 13.3. The van der Waals surface area contributed by atoms with Gasteiger partial charge in [0.05, 0.1) is 0 Å². The molecule has 0 spiro atoms. The molecule has 3 heteroatoms. The van der Waals surface area contributed by atoms with E-state index < -0.39 is 0 Å². The highest BCUT2D eigenvalue weighted by Gasteiger charge is 2.14. The van der Waals surface area contributed by atoms with Gasteiger partial charge in [-0.1, -0.05) is 69.7 Å². The second kappa shape index (κ2) is 13.1. The van der Waals surface area contributed by atoms with Crippen LogP contribution in [0.25, 0.3) is 0 Å². The molecule has 0 radical (unpaired) electrons. The SMILES string of the molecule is CCCCCCCCC(CCC[n+]1ccccc1)NC(=O)c1ccccc1. The Kier molecular flexibility index (Phi) is 10.2. The van der Waals surface area contributed by atoms with Crippen LogP contribution in [0.4, 0.5) is 0 Å². The van der Waals surface area contributed by atoms with Crippen LogP contribution < -0.4 is 9.88 Å². The van der Waals surface area contributed by atoms with E-state index in [0.717, 1.165) is 31.4 Å². The first-order valence-corrected chi connectivity index (χ1v) is 10.6. The smallest absolute Gasteiger partial charge is 0.251 e. The highest BCUT2D eigenvalue weighted by Crippen LogP contribution is 2.12. The Bertz CT molecular complexity index is 627.